The van der Waals surface area contributed by atoms with Gasteiger partial charge >= 0.3 is 0 Å². The van der Waals surface area contributed by atoms with Crippen LogP contribution in [0.1, 0.15) is 36.5 Å². The molecule has 1 aromatic heterocycles. The van der Waals surface area contributed by atoms with Crippen molar-refractivity contribution in [2.24, 2.45) is 0 Å². The largest absolute Gasteiger partial charge is 0.337 e. The van der Waals surface area contributed by atoms with Crippen LogP contribution < -0.4 is 0 Å². The van der Waals surface area contributed by atoms with Crippen LogP contribution in [0.15, 0.2) is 30.3 Å². The summed E-state index contributed by atoms with van der Waals surface area (Å²) in [7, 11) is 1.89. The number of likely N-dealkylation sites (N-methyl/N-ethyl adjacent to an activating group) is 1. The first kappa shape index (κ1) is 16.3. The molecular weight excluding hydrogens is 314 g/mol. The van der Waals surface area contributed by atoms with E-state index in [9.17, 15) is 4.79 Å². The summed E-state index contributed by atoms with van der Waals surface area (Å²) < 4.78 is 2.17. The van der Waals surface area contributed by atoms with Crippen molar-refractivity contribution in [3.05, 3.63) is 47.5 Å². The molecule has 2 aliphatic rings. The van der Waals surface area contributed by atoms with Gasteiger partial charge in [0.1, 0.15) is 5.82 Å². The Bertz CT molecular complexity index is 742. The first-order chi connectivity index (χ1) is 12.2. The van der Waals surface area contributed by atoms with Crippen molar-refractivity contribution in [3.63, 3.8) is 0 Å². The molecule has 1 fully saturated rings. The van der Waals surface area contributed by atoms with Crippen LogP contribution in [-0.2, 0) is 30.8 Å². The maximum absolute atomic E-state index is 13.0. The minimum atomic E-state index is -0.0221. The summed E-state index contributed by atoms with van der Waals surface area (Å²) >= 11 is 0. The van der Waals surface area contributed by atoms with Crippen LogP contribution in [0.4, 0.5) is 0 Å². The van der Waals surface area contributed by atoms with Gasteiger partial charge in [0.25, 0.3) is 0 Å². The van der Waals surface area contributed by atoms with Crippen LogP contribution in [0.5, 0.6) is 0 Å². The lowest BCUT2D eigenvalue weighted by Crippen LogP contribution is -2.43. The van der Waals surface area contributed by atoms with Crippen molar-refractivity contribution in [2.75, 3.05) is 13.6 Å². The second kappa shape index (κ2) is 6.96. The van der Waals surface area contributed by atoms with E-state index in [2.05, 4.69) is 43.9 Å². The molecule has 3 heterocycles. The summed E-state index contributed by atoms with van der Waals surface area (Å²) in [5.74, 6) is 2.17. The fraction of sp³-hybridized carbons (Fsp3) is 0.526. The summed E-state index contributed by atoms with van der Waals surface area (Å²) in [6.45, 7) is 3.34. The maximum atomic E-state index is 13.0. The number of fused-ring (bicyclic) bond motifs is 1. The zero-order chi connectivity index (χ0) is 17.2. The lowest BCUT2D eigenvalue weighted by Gasteiger charge is -2.27. The van der Waals surface area contributed by atoms with E-state index in [1.807, 2.05) is 18.0 Å². The molecule has 1 amide bonds. The fourth-order valence-electron chi connectivity index (χ4n) is 3.99. The standard InChI is InChI=1S/C19H25N5O/c1-22(14-18-21-20-17-10-6-12-24(17)18)19(25)16-9-5-11-23(16)13-15-7-3-2-4-8-15/h2-4,7-8,16H,5-6,9-14H2,1H3. The van der Waals surface area contributed by atoms with Gasteiger partial charge in [0, 0.05) is 26.6 Å². The van der Waals surface area contributed by atoms with Gasteiger partial charge in [-0.1, -0.05) is 30.3 Å². The summed E-state index contributed by atoms with van der Waals surface area (Å²) in [6, 6.07) is 10.4. The van der Waals surface area contributed by atoms with E-state index in [0.29, 0.717) is 6.54 Å². The van der Waals surface area contributed by atoms with Crippen LogP contribution in [0, 0.1) is 0 Å². The molecule has 2 aromatic rings. The quantitative estimate of drug-likeness (QED) is 0.834. The SMILES string of the molecule is CN(Cc1nnc2n1CCC2)C(=O)C1CCCN1Cc1ccccc1. The second-order valence-corrected chi connectivity index (χ2v) is 7.10. The van der Waals surface area contributed by atoms with E-state index < -0.39 is 0 Å². The molecule has 0 bridgehead atoms. The molecule has 1 saturated heterocycles. The number of nitrogens with zero attached hydrogens (tertiary/aromatic N) is 5. The van der Waals surface area contributed by atoms with Crippen LogP contribution in [0.2, 0.25) is 0 Å². The summed E-state index contributed by atoms with van der Waals surface area (Å²) in [6.07, 6.45) is 4.15. The topological polar surface area (TPSA) is 54.3 Å². The molecule has 1 unspecified atom stereocenters. The third-order valence-corrected chi connectivity index (χ3v) is 5.32. The lowest BCUT2D eigenvalue weighted by atomic mass is 10.1. The Balaban J connectivity index is 1.42. The first-order valence-electron chi connectivity index (χ1n) is 9.16. The van der Waals surface area contributed by atoms with Crippen molar-refractivity contribution in [3.8, 4) is 0 Å². The van der Waals surface area contributed by atoms with Gasteiger partial charge in [0.05, 0.1) is 12.6 Å². The molecule has 0 saturated carbocycles. The summed E-state index contributed by atoms with van der Waals surface area (Å²) in [5.41, 5.74) is 1.26. The normalized spacial score (nSPS) is 20.0. The number of benzene rings is 1. The molecule has 1 atom stereocenters. The average Bonchev–Trinajstić information content (AvgIpc) is 3.34. The van der Waals surface area contributed by atoms with Gasteiger partial charge < -0.3 is 9.47 Å². The molecular formula is C19H25N5O. The molecule has 0 radical (unpaired) electrons. The Morgan fingerprint density at radius 1 is 1.20 bits per heavy atom. The molecule has 0 aliphatic carbocycles. The molecule has 1 aromatic carbocycles. The molecule has 25 heavy (non-hydrogen) atoms. The third kappa shape index (κ3) is 3.31. The second-order valence-electron chi connectivity index (χ2n) is 7.10. The molecule has 0 spiro atoms. The van der Waals surface area contributed by atoms with Gasteiger partial charge in [-0.25, -0.2) is 0 Å². The minimum Gasteiger partial charge on any atom is -0.337 e. The van der Waals surface area contributed by atoms with Gasteiger partial charge in [-0.2, -0.15) is 0 Å². The number of carbonyl (C=O) groups is 1. The van der Waals surface area contributed by atoms with Gasteiger partial charge in [0.2, 0.25) is 5.91 Å². The van der Waals surface area contributed by atoms with Crippen LogP contribution >= 0.6 is 0 Å². The molecule has 2 aliphatic heterocycles. The predicted octanol–water partition coefficient (Wildman–Crippen LogP) is 1.85. The number of amides is 1. The summed E-state index contributed by atoms with van der Waals surface area (Å²) in [4.78, 5) is 17.1. The van der Waals surface area contributed by atoms with Gasteiger partial charge in [0.15, 0.2) is 5.82 Å². The smallest absolute Gasteiger partial charge is 0.240 e. The van der Waals surface area contributed by atoms with Gasteiger partial charge in [-0.05, 0) is 31.4 Å². The third-order valence-electron chi connectivity index (χ3n) is 5.32. The molecule has 0 N–H and O–H groups in total. The van der Waals surface area contributed by atoms with Crippen molar-refractivity contribution in [1.29, 1.82) is 0 Å². The fourth-order valence-corrected chi connectivity index (χ4v) is 3.99. The highest BCUT2D eigenvalue weighted by Crippen LogP contribution is 2.22. The number of hydrogen-bond acceptors (Lipinski definition) is 4. The van der Waals surface area contributed by atoms with E-state index >= 15 is 0 Å². The molecule has 6 heteroatoms. The van der Waals surface area contributed by atoms with Crippen molar-refractivity contribution in [1.82, 2.24) is 24.6 Å². The zero-order valence-electron chi connectivity index (χ0n) is 14.8. The molecule has 6 nitrogen and oxygen atoms in total. The number of aryl methyl sites for hydroxylation is 1. The van der Waals surface area contributed by atoms with Gasteiger partial charge in [-0.3, -0.25) is 9.69 Å². The van der Waals surface area contributed by atoms with E-state index in [4.69, 9.17) is 0 Å². The Kier molecular flexibility index (Phi) is 4.53. The van der Waals surface area contributed by atoms with E-state index in [1.165, 1.54) is 5.56 Å². The van der Waals surface area contributed by atoms with E-state index in [0.717, 1.165) is 57.0 Å². The zero-order valence-corrected chi connectivity index (χ0v) is 14.8. The van der Waals surface area contributed by atoms with Crippen LogP contribution in [0.25, 0.3) is 0 Å². The Hall–Kier alpha value is -2.21. The lowest BCUT2D eigenvalue weighted by molar-refractivity contribution is -0.135. The Labute approximate surface area is 148 Å². The highest BCUT2D eigenvalue weighted by atomic mass is 16.2. The van der Waals surface area contributed by atoms with E-state index in [-0.39, 0.29) is 11.9 Å². The summed E-state index contributed by atoms with van der Waals surface area (Å²) in [5, 5.41) is 8.52. The van der Waals surface area contributed by atoms with Gasteiger partial charge in [-0.15, -0.1) is 10.2 Å². The number of likely N-dealkylation sites (tertiary alicyclic amines) is 1. The Morgan fingerprint density at radius 2 is 2.04 bits per heavy atom. The number of carbonyl (C=O) groups excluding carboxylic acids is 1. The maximum Gasteiger partial charge on any atom is 0.240 e. The number of aromatic nitrogens is 3. The van der Waals surface area contributed by atoms with Crippen LogP contribution in [0.3, 0.4) is 0 Å². The van der Waals surface area contributed by atoms with Crippen LogP contribution in [-0.4, -0.2) is 50.1 Å². The first-order valence-corrected chi connectivity index (χ1v) is 9.16. The number of rotatable bonds is 5. The average molecular weight is 339 g/mol. The van der Waals surface area contributed by atoms with Crippen molar-refractivity contribution >= 4 is 5.91 Å². The highest BCUT2D eigenvalue weighted by molar-refractivity contribution is 5.81. The highest BCUT2D eigenvalue weighted by Gasteiger charge is 2.33. The molecule has 132 valence electrons. The number of hydrogen-bond donors (Lipinski definition) is 0. The van der Waals surface area contributed by atoms with E-state index in [1.54, 1.807) is 0 Å². The van der Waals surface area contributed by atoms with Crippen molar-refractivity contribution < 1.29 is 4.79 Å². The predicted molar refractivity (Wildman–Crippen MR) is 94.7 cm³/mol. The van der Waals surface area contributed by atoms with Crippen molar-refractivity contribution in [2.45, 2.75) is 51.4 Å². The molecule has 4 rings (SSSR count). The minimum absolute atomic E-state index is 0.0221. The Morgan fingerprint density at radius 3 is 2.88 bits per heavy atom. The monoisotopic (exact) mass is 339 g/mol.